The molecule has 0 saturated heterocycles. The first-order valence-electron chi connectivity index (χ1n) is 9.83. The summed E-state index contributed by atoms with van der Waals surface area (Å²) in [6, 6.07) is 19.4. The van der Waals surface area contributed by atoms with Gasteiger partial charge in [-0.25, -0.2) is 9.78 Å². The number of hydrogen-bond donors (Lipinski definition) is 2. The molecular formula is C24H22N4O3. The van der Waals surface area contributed by atoms with Gasteiger partial charge in [0.15, 0.2) is 0 Å². The number of pyridine rings is 1. The van der Waals surface area contributed by atoms with Gasteiger partial charge in [0.05, 0.1) is 11.4 Å². The van der Waals surface area contributed by atoms with Gasteiger partial charge in [0.2, 0.25) is 0 Å². The number of nitrogens with zero attached hydrogens (tertiary/aromatic N) is 2. The molecule has 0 unspecified atom stereocenters. The van der Waals surface area contributed by atoms with Crippen LogP contribution in [0.5, 0.6) is 5.75 Å². The van der Waals surface area contributed by atoms with Gasteiger partial charge in [0.1, 0.15) is 18.0 Å². The zero-order valence-corrected chi connectivity index (χ0v) is 17.3. The van der Waals surface area contributed by atoms with E-state index in [1.54, 1.807) is 24.4 Å². The Balaban J connectivity index is 1.47. The first-order chi connectivity index (χ1) is 15.0. The van der Waals surface area contributed by atoms with Gasteiger partial charge in [-0.15, -0.1) is 0 Å². The molecule has 0 saturated carbocycles. The summed E-state index contributed by atoms with van der Waals surface area (Å²) in [4.78, 5) is 29.2. The second kappa shape index (κ2) is 8.71. The topological polar surface area (TPSA) is 84.7 Å². The molecule has 0 spiro atoms. The summed E-state index contributed by atoms with van der Waals surface area (Å²) in [6.45, 7) is 4.02. The minimum atomic E-state index is -0.377. The molecule has 156 valence electrons. The minimum Gasteiger partial charge on any atom is -0.485 e. The third-order valence-corrected chi connectivity index (χ3v) is 4.70. The molecule has 2 aromatic heterocycles. The summed E-state index contributed by atoms with van der Waals surface area (Å²) >= 11 is 0. The van der Waals surface area contributed by atoms with E-state index in [1.807, 2.05) is 56.3 Å². The number of para-hydroxylation sites is 2. The molecule has 4 aromatic rings. The number of urea groups is 1. The number of hydrogen-bond acceptors (Lipinski definition) is 4. The Morgan fingerprint density at radius 3 is 2.55 bits per heavy atom. The lowest BCUT2D eigenvalue weighted by molar-refractivity contribution is 0.261. The molecule has 2 N–H and O–H groups in total. The van der Waals surface area contributed by atoms with Crippen molar-refractivity contribution >= 4 is 23.1 Å². The molecular weight excluding hydrogens is 392 g/mol. The highest BCUT2D eigenvalue weighted by Crippen LogP contribution is 2.25. The van der Waals surface area contributed by atoms with Gasteiger partial charge in [-0.3, -0.25) is 9.20 Å². The van der Waals surface area contributed by atoms with Gasteiger partial charge in [-0.05, 0) is 55.8 Å². The van der Waals surface area contributed by atoms with E-state index in [2.05, 4.69) is 15.6 Å². The predicted molar refractivity (Wildman–Crippen MR) is 121 cm³/mol. The van der Waals surface area contributed by atoms with E-state index >= 15 is 0 Å². The number of fused-ring (bicyclic) bond motifs is 1. The fourth-order valence-corrected chi connectivity index (χ4v) is 3.10. The zero-order valence-electron chi connectivity index (χ0n) is 17.3. The van der Waals surface area contributed by atoms with Crippen LogP contribution in [0.15, 0.2) is 77.7 Å². The standard InChI is InChI=1S/C24H22N4O3/c1-16-7-9-18(10-8-16)26-24(30)27-20-5-3-4-6-21(20)31-15-19-14-23(29)28-12-11-17(2)13-22(28)25-19/h3-14H,15H2,1-2H3,(H2,26,27,30). The highest BCUT2D eigenvalue weighted by atomic mass is 16.5. The van der Waals surface area contributed by atoms with E-state index < -0.39 is 0 Å². The minimum absolute atomic E-state index is 0.0952. The lowest BCUT2D eigenvalue weighted by atomic mass is 10.2. The summed E-state index contributed by atoms with van der Waals surface area (Å²) < 4.78 is 7.36. The molecule has 0 fully saturated rings. The lowest BCUT2D eigenvalue weighted by Crippen LogP contribution is -2.20. The molecule has 7 nitrogen and oxygen atoms in total. The first-order valence-corrected chi connectivity index (χ1v) is 9.83. The van der Waals surface area contributed by atoms with Crippen molar-refractivity contribution in [1.82, 2.24) is 9.38 Å². The van der Waals surface area contributed by atoms with E-state index in [-0.39, 0.29) is 18.2 Å². The number of anilines is 2. The smallest absolute Gasteiger partial charge is 0.323 e. The Bertz CT molecular complexity index is 1300. The largest absolute Gasteiger partial charge is 0.485 e. The summed E-state index contributed by atoms with van der Waals surface area (Å²) in [6.07, 6.45) is 1.70. The van der Waals surface area contributed by atoms with E-state index in [1.165, 1.54) is 10.5 Å². The number of rotatable bonds is 5. The maximum Gasteiger partial charge on any atom is 0.323 e. The van der Waals surface area contributed by atoms with Crippen LogP contribution in [0.1, 0.15) is 16.8 Å². The molecule has 7 heteroatoms. The maximum absolute atomic E-state index is 12.4. The second-order valence-electron chi connectivity index (χ2n) is 7.25. The molecule has 0 radical (unpaired) electrons. The molecule has 2 heterocycles. The van der Waals surface area contributed by atoms with E-state index in [4.69, 9.17) is 4.74 Å². The number of nitrogens with one attached hydrogen (secondary N) is 2. The maximum atomic E-state index is 12.4. The van der Waals surface area contributed by atoms with Gasteiger partial charge in [0.25, 0.3) is 5.56 Å². The monoisotopic (exact) mass is 414 g/mol. The summed E-state index contributed by atoms with van der Waals surface area (Å²) in [7, 11) is 0. The van der Waals surface area contributed by atoms with Gasteiger partial charge in [-0.2, -0.15) is 0 Å². The van der Waals surface area contributed by atoms with Crippen LogP contribution in [0.2, 0.25) is 0 Å². The van der Waals surface area contributed by atoms with Gasteiger partial charge in [0, 0.05) is 18.0 Å². The number of carbonyl (C=O) groups excluding carboxylic acids is 1. The molecule has 4 rings (SSSR count). The number of aromatic nitrogens is 2. The molecule has 0 atom stereocenters. The molecule has 0 aliphatic heterocycles. The third-order valence-electron chi connectivity index (χ3n) is 4.70. The van der Waals surface area contributed by atoms with Crippen LogP contribution in [-0.2, 0) is 6.61 Å². The van der Waals surface area contributed by atoms with Crippen molar-refractivity contribution in [3.05, 3.63) is 100 Å². The van der Waals surface area contributed by atoms with Crippen molar-refractivity contribution in [3.8, 4) is 5.75 Å². The number of ether oxygens (including phenoxy) is 1. The number of aryl methyl sites for hydroxylation is 2. The summed E-state index contributed by atoms with van der Waals surface area (Å²) in [5.74, 6) is 0.479. The van der Waals surface area contributed by atoms with Crippen LogP contribution in [0.3, 0.4) is 0 Å². The van der Waals surface area contributed by atoms with E-state index in [9.17, 15) is 9.59 Å². The molecule has 0 aliphatic carbocycles. The highest BCUT2D eigenvalue weighted by molar-refractivity contribution is 6.00. The molecule has 31 heavy (non-hydrogen) atoms. The predicted octanol–water partition coefficient (Wildman–Crippen LogP) is 4.53. The number of benzene rings is 2. The van der Waals surface area contributed by atoms with Gasteiger partial charge in [-0.1, -0.05) is 29.8 Å². The molecule has 2 amide bonds. The van der Waals surface area contributed by atoms with Crippen LogP contribution in [-0.4, -0.2) is 15.4 Å². The highest BCUT2D eigenvalue weighted by Gasteiger charge is 2.09. The average Bonchev–Trinajstić information content (AvgIpc) is 2.74. The van der Waals surface area contributed by atoms with Crippen molar-refractivity contribution in [2.75, 3.05) is 10.6 Å². The van der Waals surface area contributed by atoms with Crippen molar-refractivity contribution in [2.24, 2.45) is 0 Å². The Kier molecular flexibility index (Phi) is 5.66. The molecule has 0 aliphatic rings. The van der Waals surface area contributed by atoms with Crippen LogP contribution in [0, 0.1) is 13.8 Å². The van der Waals surface area contributed by atoms with E-state index in [0.717, 1.165) is 11.1 Å². The zero-order chi connectivity index (χ0) is 21.8. The fourth-order valence-electron chi connectivity index (χ4n) is 3.10. The number of carbonyl (C=O) groups is 1. The third kappa shape index (κ3) is 4.90. The van der Waals surface area contributed by atoms with Gasteiger partial charge < -0.3 is 15.4 Å². The van der Waals surface area contributed by atoms with Crippen molar-refractivity contribution in [2.45, 2.75) is 20.5 Å². The number of amides is 2. The summed E-state index contributed by atoms with van der Waals surface area (Å²) in [5.41, 5.74) is 4.23. The van der Waals surface area contributed by atoms with Gasteiger partial charge >= 0.3 is 6.03 Å². The van der Waals surface area contributed by atoms with Crippen LogP contribution in [0.25, 0.3) is 5.65 Å². The Hall–Kier alpha value is -4.13. The average molecular weight is 414 g/mol. The molecule has 0 bridgehead atoms. The molecule has 2 aromatic carbocycles. The lowest BCUT2D eigenvalue weighted by Gasteiger charge is -2.13. The fraction of sp³-hybridized carbons (Fsp3) is 0.125. The Labute approximate surface area is 179 Å². The SMILES string of the molecule is Cc1ccc(NC(=O)Nc2ccccc2OCc2cc(=O)n3ccc(C)cc3n2)cc1. The van der Waals surface area contributed by atoms with Crippen molar-refractivity contribution in [1.29, 1.82) is 0 Å². The van der Waals surface area contributed by atoms with Crippen molar-refractivity contribution < 1.29 is 9.53 Å². The van der Waals surface area contributed by atoms with Crippen LogP contribution < -0.4 is 20.9 Å². The normalized spacial score (nSPS) is 10.6. The first kappa shape index (κ1) is 20.2. The van der Waals surface area contributed by atoms with Crippen LogP contribution in [0.4, 0.5) is 16.2 Å². The Morgan fingerprint density at radius 2 is 1.74 bits per heavy atom. The second-order valence-corrected chi connectivity index (χ2v) is 7.25. The quantitative estimate of drug-likeness (QED) is 0.502. The van der Waals surface area contributed by atoms with Crippen LogP contribution >= 0.6 is 0 Å². The Morgan fingerprint density at radius 1 is 0.968 bits per heavy atom. The van der Waals surface area contributed by atoms with E-state index in [0.29, 0.717) is 28.5 Å². The van der Waals surface area contributed by atoms with Crippen molar-refractivity contribution in [3.63, 3.8) is 0 Å². The summed E-state index contributed by atoms with van der Waals surface area (Å²) in [5, 5.41) is 5.59.